The minimum Gasteiger partial charge on any atom is -0.355 e. The fraction of sp³-hybridized carbons (Fsp3) is 0.250. The number of amides is 1. The van der Waals surface area contributed by atoms with Crippen LogP contribution in [-0.4, -0.2) is 13.0 Å². The van der Waals surface area contributed by atoms with E-state index >= 15 is 0 Å². The molecule has 0 atom stereocenters. The summed E-state index contributed by atoms with van der Waals surface area (Å²) in [7, 11) is 1.53. The van der Waals surface area contributed by atoms with E-state index in [4.69, 9.17) is 0 Å². The van der Waals surface area contributed by atoms with E-state index in [1.807, 2.05) is 0 Å². The normalized spacial score (nSPS) is 7.71. The van der Waals surface area contributed by atoms with Crippen LogP contribution in [0, 0.1) is 0 Å². The van der Waals surface area contributed by atoms with Crippen LogP contribution in [0.4, 0.5) is 0 Å². The van der Waals surface area contributed by atoms with E-state index in [9.17, 15) is 4.79 Å². The maximum Gasteiger partial charge on any atom is 0.256 e. The van der Waals surface area contributed by atoms with Crippen LogP contribution in [-0.2, 0) is 4.79 Å². The Kier molecular flexibility index (Phi) is 2.52. The number of hydrogen-bond donors (Lipinski definition) is 2. The second-order valence-corrected chi connectivity index (χ2v) is 1.57. The van der Waals surface area contributed by atoms with Crippen molar-refractivity contribution in [2.45, 2.75) is 0 Å². The molecule has 0 saturated carbocycles. The van der Waals surface area contributed by atoms with Crippen molar-refractivity contribution in [3.63, 3.8) is 0 Å². The van der Waals surface area contributed by atoms with E-state index in [1.165, 1.54) is 7.05 Å². The summed E-state index contributed by atoms with van der Waals surface area (Å²) in [4.78, 5) is 10.5. The maximum absolute atomic E-state index is 10.2. The second-order valence-electron chi connectivity index (χ2n) is 1.03. The average molecular weight is 117 g/mol. The Balaban J connectivity index is 3.58. The first kappa shape index (κ1) is 6.56. The lowest BCUT2D eigenvalue weighted by atomic mass is 10.6. The fourth-order valence-electron chi connectivity index (χ4n) is 0.144. The van der Waals surface area contributed by atoms with Crippen LogP contribution in [0.1, 0.15) is 0 Å². The van der Waals surface area contributed by atoms with Crippen LogP contribution < -0.4 is 5.32 Å². The zero-order chi connectivity index (χ0) is 5.86. The summed E-state index contributed by atoms with van der Waals surface area (Å²) in [6.07, 6.45) is 0. The summed E-state index contributed by atoms with van der Waals surface area (Å²) in [6, 6.07) is 0. The van der Waals surface area contributed by atoms with Gasteiger partial charge in [0.15, 0.2) is 0 Å². The molecule has 0 aliphatic carbocycles. The first-order chi connectivity index (χ1) is 3.18. The fourth-order valence-corrected chi connectivity index (χ4v) is 0.256. The van der Waals surface area contributed by atoms with Gasteiger partial charge in [0, 0.05) is 7.05 Å². The van der Waals surface area contributed by atoms with Gasteiger partial charge in [-0.25, -0.2) is 0 Å². The van der Waals surface area contributed by atoms with Gasteiger partial charge in [-0.3, -0.25) is 4.79 Å². The molecule has 0 fully saturated rings. The summed E-state index contributed by atoms with van der Waals surface area (Å²) >= 11 is 3.67. The minimum absolute atomic E-state index is 0.233. The van der Waals surface area contributed by atoms with E-state index < -0.39 is 0 Å². The summed E-state index contributed by atoms with van der Waals surface area (Å²) in [6.45, 7) is 3.28. The highest BCUT2D eigenvalue weighted by molar-refractivity contribution is 7.85. The Labute approximate surface area is 48.0 Å². The van der Waals surface area contributed by atoms with Gasteiger partial charge in [-0.15, -0.1) is 12.6 Å². The maximum atomic E-state index is 10.2. The highest BCUT2D eigenvalue weighted by atomic mass is 32.1. The van der Waals surface area contributed by atoms with Crippen molar-refractivity contribution in [1.82, 2.24) is 5.32 Å². The van der Waals surface area contributed by atoms with Gasteiger partial charge in [-0.2, -0.15) is 0 Å². The molecule has 0 aromatic rings. The zero-order valence-electron chi connectivity index (χ0n) is 4.06. The van der Waals surface area contributed by atoms with E-state index in [1.54, 1.807) is 0 Å². The molecular formula is C4H7NOS. The van der Waals surface area contributed by atoms with Crippen molar-refractivity contribution in [2.24, 2.45) is 0 Å². The predicted octanol–water partition coefficient (Wildman–Crippen LogP) is 0.176. The zero-order valence-corrected chi connectivity index (χ0v) is 4.96. The number of carbonyl (C=O) groups excluding carboxylic acids is 1. The molecule has 0 bridgehead atoms. The molecule has 7 heavy (non-hydrogen) atoms. The number of carbonyl (C=O) groups is 1. The largest absolute Gasteiger partial charge is 0.355 e. The third-order valence-electron chi connectivity index (χ3n) is 0.489. The lowest BCUT2D eigenvalue weighted by Gasteiger charge is -1.91. The van der Waals surface area contributed by atoms with Gasteiger partial charge >= 0.3 is 0 Å². The highest BCUT2D eigenvalue weighted by Gasteiger charge is 1.93. The summed E-state index contributed by atoms with van der Waals surface area (Å²) < 4.78 is 0. The Morgan fingerprint density at radius 1 is 1.86 bits per heavy atom. The van der Waals surface area contributed by atoms with Gasteiger partial charge in [0.2, 0.25) is 0 Å². The lowest BCUT2D eigenvalue weighted by Crippen LogP contribution is -2.16. The van der Waals surface area contributed by atoms with Crippen LogP contribution >= 0.6 is 12.6 Å². The van der Waals surface area contributed by atoms with Crippen LogP contribution in [0.3, 0.4) is 0 Å². The molecular weight excluding hydrogens is 110 g/mol. The third kappa shape index (κ3) is 2.28. The molecule has 0 spiro atoms. The van der Waals surface area contributed by atoms with E-state index in [-0.39, 0.29) is 10.8 Å². The summed E-state index contributed by atoms with van der Waals surface area (Å²) in [5, 5.41) is 2.35. The summed E-state index contributed by atoms with van der Waals surface area (Å²) in [5.41, 5.74) is 0. The van der Waals surface area contributed by atoms with Crippen molar-refractivity contribution in [3.05, 3.63) is 11.5 Å². The van der Waals surface area contributed by atoms with E-state index in [0.29, 0.717) is 0 Å². The SMILES string of the molecule is C=C(S)C(=O)NC. The molecule has 0 aromatic carbocycles. The van der Waals surface area contributed by atoms with Crippen LogP contribution in [0.2, 0.25) is 0 Å². The van der Waals surface area contributed by atoms with E-state index in [0.717, 1.165) is 0 Å². The number of rotatable bonds is 1. The molecule has 0 aromatic heterocycles. The monoisotopic (exact) mass is 117 g/mol. The molecule has 3 heteroatoms. The van der Waals surface area contributed by atoms with Gasteiger partial charge in [-0.1, -0.05) is 6.58 Å². The molecule has 0 saturated heterocycles. The van der Waals surface area contributed by atoms with Gasteiger partial charge in [-0.05, 0) is 0 Å². The van der Waals surface area contributed by atoms with Crippen molar-refractivity contribution < 1.29 is 4.79 Å². The Hall–Kier alpha value is -0.440. The predicted molar refractivity (Wildman–Crippen MR) is 32.2 cm³/mol. The molecule has 40 valence electrons. The molecule has 0 unspecified atom stereocenters. The average Bonchev–Trinajstić information content (AvgIpc) is 1.65. The van der Waals surface area contributed by atoms with Crippen molar-refractivity contribution in [1.29, 1.82) is 0 Å². The van der Waals surface area contributed by atoms with Crippen LogP contribution in [0.5, 0.6) is 0 Å². The molecule has 1 amide bonds. The Bertz CT molecular complexity index is 99.9. The van der Waals surface area contributed by atoms with Gasteiger partial charge in [0.1, 0.15) is 0 Å². The quantitative estimate of drug-likeness (QED) is 0.372. The molecule has 0 aliphatic rings. The van der Waals surface area contributed by atoms with E-state index in [2.05, 4.69) is 24.5 Å². The third-order valence-corrected chi connectivity index (χ3v) is 0.692. The number of likely N-dealkylation sites (N-methyl/N-ethyl adjacent to an activating group) is 1. The first-order valence-electron chi connectivity index (χ1n) is 1.78. The second kappa shape index (κ2) is 2.69. The van der Waals surface area contributed by atoms with Crippen molar-refractivity contribution in [3.8, 4) is 0 Å². The topological polar surface area (TPSA) is 29.1 Å². The Morgan fingerprint density at radius 2 is 2.29 bits per heavy atom. The molecule has 1 N–H and O–H groups in total. The van der Waals surface area contributed by atoms with Crippen molar-refractivity contribution in [2.75, 3.05) is 7.05 Å². The molecule has 0 rings (SSSR count). The summed E-state index contributed by atoms with van der Waals surface area (Å²) in [5.74, 6) is -0.233. The standard InChI is InChI=1S/C4H7NOS/c1-3(7)4(6)5-2/h7H,1H2,2H3,(H,5,6). The molecule has 0 aliphatic heterocycles. The van der Waals surface area contributed by atoms with Gasteiger partial charge < -0.3 is 5.32 Å². The minimum atomic E-state index is -0.233. The van der Waals surface area contributed by atoms with Crippen LogP contribution in [0.15, 0.2) is 11.5 Å². The smallest absolute Gasteiger partial charge is 0.256 e. The Morgan fingerprint density at radius 3 is 2.29 bits per heavy atom. The van der Waals surface area contributed by atoms with Crippen LogP contribution in [0.25, 0.3) is 0 Å². The van der Waals surface area contributed by atoms with Crippen molar-refractivity contribution >= 4 is 18.5 Å². The van der Waals surface area contributed by atoms with Gasteiger partial charge in [0.25, 0.3) is 5.91 Å². The molecule has 0 heterocycles. The van der Waals surface area contributed by atoms with Gasteiger partial charge in [0.05, 0.1) is 4.91 Å². The number of thiol groups is 1. The number of nitrogens with one attached hydrogen (secondary N) is 1. The number of hydrogen-bond acceptors (Lipinski definition) is 2. The molecule has 2 nitrogen and oxygen atoms in total. The highest BCUT2D eigenvalue weighted by Crippen LogP contribution is 1.91. The first-order valence-corrected chi connectivity index (χ1v) is 2.23. The lowest BCUT2D eigenvalue weighted by molar-refractivity contribution is -0.116. The molecule has 0 radical (unpaired) electrons.